The van der Waals surface area contributed by atoms with Gasteiger partial charge in [0.2, 0.25) is 5.91 Å². The Morgan fingerprint density at radius 2 is 1.82 bits per heavy atom. The van der Waals surface area contributed by atoms with Crippen LogP contribution in [0.2, 0.25) is 0 Å². The van der Waals surface area contributed by atoms with Gasteiger partial charge in [-0.15, -0.1) is 0 Å². The molecule has 0 aliphatic heterocycles. The predicted molar refractivity (Wildman–Crippen MR) is 84.0 cm³/mol. The first-order valence-corrected chi connectivity index (χ1v) is 8.78. The second-order valence-electron chi connectivity index (χ2n) is 5.53. The molecule has 0 saturated heterocycles. The van der Waals surface area contributed by atoms with E-state index >= 15 is 0 Å². The number of amides is 1. The van der Waals surface area contributed by atoms with Crippen molar-refractivity contribution >= 4 is 16.0 Å². The second-order valence-corrected chi connectivity index (χ2v) is 7.11. The fraction of sp³-hybridized carbons (Fsp3) is 0.533. The van der Waals surface area contributed by atoms with E-state index in [1.807, 2.05) is 13.8 Å². The minimum Gasteiger partial charge on any atom is -0.383 e. The Balaban J connectivity index is 2.78. The molecule has 0 saturated carbocycles. The number of nitrogens with zero attached hydrogens (tertiary/aromatic N) is 1. The maximum absolute atomic E-state index is 12.0. The Morgan fingerprint density at radius 1 is 1.23 bits per heavy atom. The standard InChI is InChI=1S/C15H23NO5S/c1-12(2)9-16(15(17)11-20-3)10-13-5-7-14(8-6-13)21-22(4,18)19/h5-8,12H,9-11H2,1-4H3. The molecule has 0 bridgehead atoms. The summed E-state index contributed by atoms with van der Waals surface area (Å²) in [7, 11) is -2.04. The third-order valence-electron chi connectivity index (χ3n) is 2.75. The van der Waals surface area contributed by atoms with E-state index in [2.05, 4.69) is 0 Å². The fourth-order valence-corrected chi connectivity index (χ4v) is 2.42. The summed E-state index contributed by atoms with van der Waals surface area (Å²) in [6.07, 6.45) is 0.995. The van der Waals surface area contributed by atoms with Gasteiger partial charge >= 0.3 is 10.1 Å². The molecule has 0 N–H and O–H groups in total. The van der Waals surface area contributed by atoms with Gasteiger partial charge in [0.25, 0.3) is 0 Å². The highest BCUT2D eigenvalue weighted by Crippen LogP contribution is 2.16. The maximum atomic E-state index is 12.0. The van der Waals surface area contributed by atoms with Crippen molar-refractivity contribution in [2.24, 2.45) is 5.92 Å². The molecular weight excluding hydrogens is 306 g/mol. The van der Waals surface area contributed by atoms with Gasteiger partial charge in [0.05, 0.1) is 6.26 Å². The molecule has 0 atom stereocenters. The van der Waals surface area contributed by atoms with E-state index in [-0.39, 0.29) is 18.3 Å². The van der Waals surface area contributed by atoms with E-state index in [9.17, 15) is 13.2 Å². The Labute approximate surface area is 132 Å². The number of methoxy groups -OCH3 is 1. The summed E-state index contributed by atoms with van der Waals surface area (Å²) >= 11 is 0. The number of rotatable bonds is 8. The van der Waals surface area contributed by atoms with Crippen molar-refractivity contribution in [3.8, 4) is 5.75 Å². The molecule has 0 aliphatic carbocycles. The summed E-state index contributed by atoms with van der Waals surface area (Å²) in [5.74, 6) is 0.520. The van der Waals surface area contributed by atoms with Gasteiger partial charge in [-0.25, -0.2) is 0 Å². The van der Waals surface area contributed by atoms with Crippen LogP contribution in [0.15, 0.2) is 24.3 Å². The average Bonchev–Trinajstić information content (AvgIpc) is 2.38. The second kappa shape index (κ2) is 8.14. The molecule has 0 heterocycles. The summed E-state index contributed by atoms with van der Waals surface area (Å²) in [4.78, 5) is 13.8. The fourth-order valence-electron chi connectivity index (χ4n) is 1.96. The van der Waals surface area contributed by atoms with Gasteiger partial charge in [-0.05, 0) is 23.6 Å². The SMILES string of the molecule is COCC(=O)N(Cc1ccc(OS(C)(=O)=O)cc1)CC(C)C. The summed E-state index contributed by atoms with van der Waals surface area (Å²) in [5.41, 5.74) is 0.894. The highest BCUT2D eigenvalue weighted by atomic mass is 32.2. The Bertz CT molecular complexity index is 580. The number of ether oxygens (including phenoxy) is 1. The van der Waals surface area contributed by atoms with Crippen molar-refractivity contribution in [1.82, 2.24) is 4.90 Å². The first-order valence-electron chi connectivity index (χ1n) is 6.96. The molecular formula is C15H23NO5S. The van der Waals surface area contributed by atoms with Crippen LogP contribution in [0.1, 0.15) is 19.4 Å². The lowest BCUT2D eigenvalue weighted by Gasteiger charge is -2.24. The lowest BCUT2D eigenvalue weighted by Crippen LogP contribution is -2.36. The topological polar surface area (TPSA) is 72.9 Å². The molecule has 6 nitrogen and oxygen atoms in total. The zero-order valence-corrected chi connectivity index (χ0v) is 14.2. The third-order valence-corrected chi connectivity index (χ3v) is 3.25. The number of carbonyl (C=O) groups is 1. The summed E-state index contributed by atoms with van der Waals surface area (Å²) in [6, 6.07) is 6.64. The molecule has 0 spiro atoms. The highest BCUT2D eigenvalue weighted by Gasteiger charge is 2.15. The summed E-state index contributed by atoms with van der Waals surface area (Å²) in [5, 5.41) is 0. The molecule has 124 valence electrons. The minimum absolute atomic E-state index is 0.0436. The molecule has 22 heavy (non-hydrogen) atoms. The van der Waals surface area contributed by atoms with Crippen LogP contribution in [-0.2, 0) is 26.2 Å². The lowest BCUT2D eigenvalue weighted by molar-refractivity contribution is -0.136. The number of carbonyl (C=O) groups excluding carboxylic acids is 1. The van der Waals surface area contributed by atoms with Gasteiger partial charge in [0.1, 0.15) is 12.4 Å². The Hall–Kier alpha value is -1.60. The van der Waals surface area contributed by atoms with Crippen LogP contribution in [0.4, 0.5) is 0 Å². The number of hydrogen-bond donors (Lipinski definition) is 0. The van der Waals surface area contributed by atoms with Gasteiger partial charge in [-0.1, -0.05) is 26.0 Å². The van der Waals surface area contributed by atoms with E-state index in [0.29, 0.717) is 19.0 Å². The van der Waals surface area contributed by atoms with Crippen LogP contribution in [0.5, 0.6) is 5.75 Å². The van der Waals surface area contributed by atoms with Crippen molar-refractivity contribution in [2.45, 2.75) is 20.4 Å². The summed E-state index contributed by atoms with van der Waals surface area (Å²) < 4.78 is 31.8. The third kappa shape index (κ3) is 6.91. The lowest BCUT2D eigenvalue weighted by atomic mass is 10.1. The van der Waals surface area contributed by atoms with Crippen molar-refractivity contribution in [1.29, 1.82) is 0 Å². The molecule has 0 radical (unpaired) electrons. The molecule has 1 amide bonds. The minimum atomic E-state index is -3.53. The molecule has 0 aromatic heterocycles. The van der Waals surface area contributed by atoms with Crippen molar-refractivity contribution < 1.29 is 22.1 Å². The molecule has 0 aliphatic rings. The molecule has 1 rings (SSSR count). The van der Waals surface area contributed by atoms with Gasteiger partial charge in [-0.3, -0.25) is 4.79 Å². The largest absolute Gasteiger partial charge is 0.383 e. The first kappa shape index (κ1) is 18.4. The van der Waals surface area contributed by atoms with Crippen molar-refractivity contribution in [3.05, 3.63) is 29.8 Å². The first-order chi connectivity index (χ1) is 10.2. The molecule has 7 heteroatoms. The van der Waals surface area contributed by atoms with E-state index in [4.69, 9.17) is 8.92 Å². The van der Waals surface area contributed by atoms with E-state index < -0.39 is 10.1 Å². The number of benzene rings is 1. The monoisotopic (exact) mass is 329 g/mol. The van der Waals surface area contributed by atoms with Crippen LogP contribution in [0.25, 0.3) is 0 Å². The van der Waals surface area contributed by atoms with Crippen molar-refractivity contribution in [2.75, 3.05) is 26.5 Å². The van der Waals surface area contributed by atoms with E-state index in [1.165, 1.54) is 7.11 Å². The zero-order chi connectivity index (χ0) is 16.8. The smallest absolute Gasteiger partial charge is 0.306 e. The van der Waals surface area contributed by atoms with Crippen LogP contribution in [0, 0.1) is 5.92 Å². The van der Waals surface area contributed by atoms with Crippen LogP contribution < -0.4 is 4.18 Å². The Kier molecular flexibility index (Phi) is 6.83. The van der Waals surface area contributed by atoms with Crippen molar-refractivity contribution in [3.63, 3.8) is 0 Å². The van der Waals surface area contributed by atoms with Crippen LogP contribution in [0.3, 0.4) is 0 Å². The molecule has 1 aromatic carbocycles. The van der Waals surface area contributed by atoms with Gasteiger partial charge < -0.3 is 13.8 Å². The summed E-state index contributed by atoms with van der Waals surface area (Å²) in [6.45, 7) is 5.19. The number of hydrogen-bond acceptors (Lipinski definition) is 5. The highest BCUT2D eigenvalue weighted by molar-refractivity contribution is 7.86. The van der Waals surface area contributed by atoms with Crippen LogP contribution in [-0.4, -0.2) is 45.7 Å². The molecule has 1 aromatic rings. The molecule has 0 fully saturated rings. The van der Waals surface area contributed by atoms with Gasteiger partial charge in [0.15, 0.2) is 0 Å². The van der Waals surface area contributed by atoms with E-state index in [1.54, 1.807) is 29.2 Å². The zero-order valence-electron chi connectivity index (χ0n) is 13.4. The average molecular weight is 329 g/mol. The quantitative estimate of drug-likeness (QED) is 0.678. The van der Waals surface area contributed by atoms with Gasteiger partial charge in [0, 0.05) is 20.2 Å². The predicted octanol–water partition coefficient (Wildman–Crippen LogP) is 1.66. The van der Waals surface area contributed by atoms with Crippen LogP contribution >= 0.6 is 0 Å². The maximum Gasteiger partial charge on any atom is 0.306 e. The normalized spacial score (nSPS) is 11.5. The van der Waals surface area contributed by atoms with Gasteiger partial charge in [-0.2, -0.15) is 8.42 Å². The Morgan fingerprint density at radius 3 is 2.27 bits per heavy atom. The molecule has 0 unspecified atom stereocenters. The van der Waals surface area contributed by atoms with E-state index in [0.717, 1.165) is 11.8 Å².